The molecule has 0 aliphatic carbocycles. The SMILES string of the molecule is CC[C@@H]1CN(C(=O)OC(C)(C)C)[C@H](C)c2ncccc2O1. The standard InChI is InChI=1S/C16H24N2O3/c1-6-12-10-18(15(19)21-16(3,4)5)11(2)14-13(20-12)8-7-9-17-14/h7-9,11-12H,6,10H2,1-5H3/t11-,12-/m1/s1. The van der Waals surface area contributed by atoms with Gasteiger partial charge in [-0.2, -0.15) is 0 Å². The number of rotatable bonds is 1. The average Bonchev–Trinajstić information content (AvgIpc) is 2.54. The molecular formula is C16H24N2O3. The van der Waals surface area contributed by atoms with Crippen molar-refractivity contribution >= 4 is 6.09 Å². The number of carbonyl (C=O) groups is 1. The molecule has 0 spiro atoms. The number of nitrogens with zero attached hydrogens (tertiary/aromatic N) is 2. The highest BCUT2D eigenvalue weighted by molar-refractivity contribution is 5.69. The van der Waals surface area contributed by atoms with Gasteiger partial charge >= 0.3 is 6.09 Å². The third-order valence-electron chi connectivity index (χ3n) is 3.44. The van der Waals surface area contributed by atoms with Gasteiger partial charge in [0, 0.05) is 6.20 Å². The van der Waals surface area contributed by atoms with Gasteiger partial charge in [0.1, 0.15) is 23.1 Å². The van der Waals surface area contributed by atoms with Crippen molar-refractivity contribution in [2.45, 2.75) is 58.8 Å². The molecule has 2 heterocycles. The zero-order chi connectivity index (χ0) is 15.6. The molecule has 116 valence electrons. The molecule has 0 bridgehead atoms. The Morgan fingerprint density at radius 1 is 1.52 bits per heavy atom. The number of aromatic nitrogens is 1. The molecular weight excluding hydrogens is 268 g/mol. The first-order chi connectivity index (χ1) is 9.81. The minimum atomic E-state index is -0.515. The second kappa shape index (κ2) is 5.92. The molecule has 2 rings (SSSR count). The van der Waals surface area contributed by atoms with Gasteiger partial charge in [-0.15, -0.1) is 0 Å². The molecule has 5 nitrogen and oxygen atoms in total. The van der Waals surface area contributed by atoms with Gasteiger partial charge in [-0.3, -0.25) is 9.88 Å². The molecule has 0 fully saturated rings. The highest BCUT2D eigenvalue weighted by atomic mass is 16.6. The van der Waals surface area contributed by atoms with Crippen molar-refractivity contribution < 1.29 is 14.3 Å². The molecule has 21 heavy (non-hydrogen) atoms. The van der Waals surface area contributed by atoms with Crippen LogP contribution in [-0.4, -0.2) is 34.2 Å². The van der Waals surface area contributed by atoms with Crippen LogP contribution in [0.3, 0.4) is 0 Å². The minimum Gasteiger partial charge on any atom is -0.487 e. The molecule has 5 heteroatoms. The first-order valence-electron chi connectivity index (χ1n) is 7.43. The maximum absolute atomic E-state index is 12.5. The van der Waals surface area contributed by atoms with Crippen molar-refractivity contribution in [1.29, 1.82) is 0 Å². The number of ether oxygens (including phenoxy) is 2. The van der Waals surface area contributed by atoms with Crippen molar-refractivity contribution in [2.24, 2.45) is 0 Å². The van der Waals surface area contributed by atoms with E-state index in [9.17, 15) is 4.79 Å². The summed E-state index contributed by atoms with van der Waals surface area (Å²) in [6.07, 6.45) is 2.17. The molecule has 0 radical (unpaired) electrons. The van der Waals surface area contributed by atoms with Crippen LogP contribution in [0.15, 0.2) is 18.3 Å². The maximum atomic E-state index is 12.5. The Morgan fingerprint density at radius 2 is 2.24 bits per heavy atom. The zero-order valence-electron chi connectivity index (χ0n) is 13.4. The Kier molecular flexibility index (Phi) is 4.40. The highest BCUT2D eigenvalue weighted by Gasteiger charge is 2.34. The third kappa shape index (κ3) is 3.65. The minimum absolute atomic E-state index is 0.0505. The monoisotopic (exact) mass is 292 g/mol. The van der Waals surface area contributed by atoms with E-state index in [0.717, 1.165) is 17.9 Å². The molecule has 2 atom stereocenters. The molecule has 1 aromatic rings. The zero-order valence-corrected chi connectivity index (χ0v) is 13.4. The normalized spacial score (nSPS) is 22.0. The summed E-state index contributed by atoms with van der Waals surface area (Å²) in [5.41, 5.74) is 0.262. The number of pyridine rings is 1. The summed E-state index contributed by atoms with van der Waals surface area (Å²) >= 11 is 0. The van der Waals surface area contributed by atoms with Gasteiger partial charge in [-0.1, -0.05) is 6.92 Å². The van der Waals surface area contributed by atoms with Crippen LogP contribution in [0.2, 0.25) is 0 Å². The molecule has 0 saturated heterocycles. The summed E-state index contributed by atoms with van der Waals surface area (Å²) in [5.74, 6) is 0.753. The van der Waals surface area contributed by atoms with Crippen molar-refractivity contribution in [3.05, 3.63) is 24.0 Å². The Hall–Kier alpha value is -1.78. The van der Waals surface area contributed by atoms with E-state index in [4.69, 9.17) is 9.47 Å². The van der Waals surface area contributed by atoms with Crippen LogP contribution in [-0.2, 0) is 4.74 Å². The molecule has 1 aromatic heterocycles. The quantitative estimate of drug-likeness (QED) is 0.794. The molecule has 1 amide bonds. The van der Waals surface area contributed by atoms with Crippen LogP contribution >= 0.6 is 0 Å². The topological polar surface area (TPSA) is 51.7 Å². The van der Waals surface area contributed by atoms with Crippen molar-refractivity contribution in [3.8, 4) is 5.75 Å². The first kappa shape index (κ1) is 15.6. The lowest BCUT2D eigenvalue weighted by Gasteiger charge is -2.31. The van der Waals surface area contributed by atoms with E-state index in [-0.39, 0.29) is 18.2 Å². The van der Waals surface area contributed by atoms with Gasteiger partial charge < -0.3 is 9.47 Å². The lowest BCUT2D eigenvalue weighted by molar-refractivity contribution is 0.0113. The van der Waals surface area contributed by atoms with Crippen LogP contribution in [0.5, 0.6) is 5.75 Å². The summed E-state index contributed by atoms with van der Waals surface area (Å²) < 4.78 is 11.5. The lowest BCUT2D eigenvalue weighted by atomic mass is 10.1. The Balaban J connectivity index is 2.31. The fourth-order valence-electron chi connectivity index (χ4n) is 2.32. The fourth-order valence-corrected chi connectivity index (χ4v) is 2.32. The lowest BCUT2D eigenvalue weighted by Crippen LogP contribution is -2.42. The van der Waals surface area contributed by atoms with Crippen molar-refractivity contribution in [1.82, 2.24) is 9.88 Å². The summed E-state index contributed by atoms with van der Waals surface area (Å²) in [7, 11) is 0. The van der Waals surface area contributed by atoms with Crippen LogP contribution in [0.25, 0.3) is 0 Å². The van der Waals surface area contributed by atoms with E-state index in [1.165, 1.54) is 0 Å². The number of fused-ring (bicyclic) bond motifs is 1. The van der Waals surface area contributed by atoms with Gasteiger partial charge in [0.15, 0.2) is 0 Å². The summed E-state index contributed by atoms with van der Waals surface area (Å²) in [4.78, 5) is 18.6. The van der Waals surface area contributed by atoms with E-state index in [2.05, 4.69) is 4.98 Å². The van der Waals surface area contributed by atoms with Crippen LogP contribution in [0.4, 0.5) is 4.79 Å². The Morgan fingerprint density at radius 3 is 2.86 bits per heavy atom. The van der Waals surface area contributed by atoms with Gasteiger partial charge in [-0.05, 0) is 46.2 Å². The molecule has 0 unspecified atom stereocenters. The predicted molar refractivity (Wildman–Crippen MR) is 80.3 cm³/mol. The Bertz CT molecular complexity index is 510. The van der Waals surface area contributed by atoms with E-state index in [1.807, 2.05) is 46.8 Å². The van der Waals surface area contributed by atoms with Crippen molar-refractivity contribution in [3.63, 3.8) is 0 Å². The van der Waals surface area contributed by atoms with Gasteiger partial charge in [0.25, 0.3) is 0 Å². The Labute approximate surface area is 126 Å². The van der Waals surface area contributed by atoms with Crippen LogP contribution < -0.4 is 4.74 Å². The van der Waals surface area contributed by atoms with Gasteiger partial charge in [0.2, 0.25) is 0 Å². The first-order valence-corrected chi connectivity index (χ1v) is 7.43. The van der Waals surface area contributed by atoms with E-state index >= 15 is 0 Å². The summed E-state index contributed by atoms with van der Waals surface area (Å²) in [5, 5.41) is 0. The van der Waals surface area contributed by atoms with Gasteiger partial charge in [-0.25, -0.2) is 4.79 Å². The number of hydrogen-bond donors (Lipinski definition) is 0. The number of carbonyl (C=O) groups excluding carboxylic acids is 1. The second-order valence-electron chi connectivity index (χ2n) is 6.34. The third-order valence-corrected chi connectivity index (χ3v) is 3.44. The molecule has 0 N–H and O–H groups in total. The summed E-state index contributed by atoms with van der Waals surface area (Å²) in [6.45, 7) is 10.1. The van der Waals surface area contributed by atoms with Crippen LogP contribution in [0, 0.1) is 0 Å². The maximum Gasteiger partial charge on any atom is 0.410 e. The smallest absolute Gasteiger partial charge is 0.410 e. The van der Waals surface area contributed by atoms with Gasteiger partial charge in [0.05, 0.1) is 12.6 Å². The molecule has 0 saturated carbocycles. The van der Waals surface area contributed by atoms with Crippen LogP contribution in [0.1, 0.15) is 52.8 Å². The van der Waals surface area contributed by atoms with Crippen molar-refractivity contribution in [2.75, 3.05) is 6.54 Å². The average molecular weight is 292 g/mol. The largest absolute Gasteiger partial charge is 0.487 e. The van der Waals surface area contributed by atoms with E-state index in [1.54, 1.807) is 11.1 Å². The molecule has 1 aliphatic heterocycles. The number of hydrogen-bond acceptors (Lipinski definition) is 4. The second-order valence-corrected chi connectivity index (χ2v) is 6.34. The summed E-state index contributed by atoms with van der Waals surface area (Å²) in [6, 6.07) is 3.58. The molecule has 0 aromatic carbocycles. The van der Waals surface area contributed by atoms with E-state index in [0.29, 0.717) is 6.54 Å². The fraction of sp³-hybridized carbons (Fsp3) is 0.625. The predicted octanol–water partition coefficient (Wildman–Crippen LogP) is 3.55. The number of amides is 1. The molecule has 1 aliphatic rings. The highest BCUT2D eigenvalue weighted by Crippen LogP contribution is 2.32. The van der Waals surface area contributed by atoms with E-state index < -0.39 is 5.60 Å².